The summed E-state index contributed by atoms with van der Waals surface area (Å²) in [5.41, 5.74) is 1.75. The smallest absolute Gasteiger partial charge is 0.273 e. The second-order valence-corrected chi connectivity index (χ2v) is 9.74. The molecule has 1 saturated heterocycles. The number of fused-ring (bicyclic) bond motifs is 1. The largest absolute Gasteiger partial charge is 0.353 e. The van der Waals surface area contributed by atoms with Crippen LogP contribution in [0.2, 0.25) is 0 Å². The van der Waals surface area contributed by atoms with Gasteiger partial charge < -0.3 is 15.5 Å². The van der Waals surface area contributed by atoms with Gasteiger partial charge in [0.1, 0.15) is 17.6 Å². The molecule has 1 atom stereocenters. The van der Waals surface area contributed by atoms with Gasteiger partial charge in [0.05, 0.1) is 5.92 Å². The van der Waals surface area contributed by atoms with Crippen LogP contribution in [0.4, 0.5) is 10.8 Å². The van der Waals surface area contributed by atoms with Gasteiger partial charge >= 0.3 is 0 Å². The summed E-state index contributed by atoms with van der Waals surface area (Å²) >= 11 is 1.27. The molecule has 2 N–H and O–H groups in total. The van der Waals surface area contributed by atoms with Gasteiger partial charge in [-0.2, -0.15) is 4.98 Å². The molecule has 33 heavy (non-hydrogen) atoms. The third-order valence-corrected chi connectivity index (χ3v) is 7.19. The van der Waals surface area contributed by atoms with E-state index in [9.17, 15) is 14.4 Å². The van der Waals surface area contributed by atoms with E-state index in [2.05, 4.69) is 25.5 Å². The van der Waals surface area contributed by atoms with E-state index in [-0.39, 0.29) is 29.8 Å². The monoisotopic (exact) mass is 466 g/mol. The molecule has 1 saturated carbocycles. The van der Waals surface area contributed by atoms with Gasteiger partial charge in [0, 0.05) is 24.8 Å². The fraction of sp³-hybridized carbons (Fsp3) is 0.435. The summed E-state index contributed by atoms with van der Waals surface area (Å²) in [5, 5.41) is 6.63. The molecule has 10 heteroatoms. The molecule has 2 aliphatic rings. The molecule has 1 aliphatic carbocycles. The molecule has 1 aromatic carbocycles. The Hall–Kier alpha value is -3.27. The normalized spacial score (nSPS) is 18.3. The van der Waals surface area contributed by atoms with Crippen molar-refractivity contribution in [2.45, 2.75) is 45.2 Å². The van der Waals surface area contributed by atoms with Crippen molar-refractivity contribution in [1.29, 1.82) is 0 Å². The number of carbonyl (C=O) groups is 2. The van der Waals surface area contributed by atoms with Crippen LogP contribution in [0.25, 0.3) is 10.3 Å². The minimum atomic E-state index is -0.294. The number of nitrogens with zero attached hydrogens (tertiary/aromatic N) is 4. The molecule has 0 radical (unpaired) electrons. The maximum atomic E-state index is 13.0. The molecule has 1 aliphatic heterocycles. The Morgan fingerprint density at radius 2 is 2.03 bits per heavy atom. The summed E-state index contributed by atoms with van der Waals surface area (Å²) in [4.78, 5) is 48.9. The number of anilines is 2. The molecule has 0 spiro atoms. The standard InChI is InChI=1S/C23H26N6O3S/c1-14-5-2-3-7-17(14)26-18(30)12-29-13-24-20-19(22(29)32)33-23(27-20)28-10-4-6-15(11-28)21(31)25-16-8-9-16/h2-3,5,7,13,15-16H,4,6,8-12H2,1H3,(H,25,31)(H,26,30). The lowest BCUT2D eigenvalue weighted by Gasteiger charge is -2.31. The van der Waals surface area contributed by atoms with Gasteiger partial charge in [-0.1, -0.05) is 29.5 Å². The van der Waals surface area contributed by atoms with Crippen molar-refractivity contribution < 1.29 is 9.59 Å². The average Bonchev–Trinajstić information content (AvgIpc) is 3.51. The molecule has 2 fully saturated rings. The molecule has 0 bridgehead atoms. The van der Waals surface area contributed by atoms with Crippen LogP contribution in [-0.2, 0) is 16.1 Å². The number of nitrogens with one attached hydrogen (secondary N) is 2. The van der Waals surface area contributed by atoms with Crippen LogP contribution in [0, 0.1) is 12.8 Å². The van der Waals surface area contributed by atoms with Gasteiger partial charge in [0.25, 0.3) is 5.56 Å². The first kappa shape index (κ1) is 21.6. The van der Waals surface area contributed by atoms with Gasteiger partial charge in [-0.05, 0) is 44.2 Å². The van der Waals surface area contributed by atoms with Crippen molar-refractivity contribution in [3.8, 4) is 0 Å². The minimum absolute atomic E-state index is 0.0684. The van der Waals surface area contributed by atoms with Crippen molar-refractivity contribution in [3.05, 3.63) is 46.5 Å². The lowest BCUT2D eigenvalue weighted by Crippen LogP contribution is -2.43. The highest BCUT2D eigenvalue weighted by Crippen LogP contribution is 2.30. The number of carbonyl (C=O) groups excluding carboxylic acids is 2. The third kappa shape index (κ3) is 4.75. The Morgan fingerprint density at radius 1 is 1.21 bits per heavy atom. The molecule has 9 nitrogen and oxygen atoms in total. The SMILES string of the molecule is Cc1ccccc1NC(=O)Cn1cnc2nc(N3CCCC(C(=O)NC4CC4)C3)sc2c1=O. The molecule has 2 aromatic heterocycles. The molecular weight excluding hydrogens is 440 g/mol. The first-order valence-electron chi connectivity index (χ1n) is 11.2. The van der Waals surface area contributed by atoms with Crippen molar-refractivity contribution in [2.24, 2.45) is 5.92 Å². The summed E-state index contributed by atoms with van der Waals surface area (Å²) < 4.78 is 1.72. The van der Waals surface area contributed by atoms with E-state index in [0.29, 0.717) is 28.1 Å². The number of hydrogen-bond acceptors (Lipinski definition) is 7. The number of amides is 2. The molecular formula is C23H26N6O3S. The zero-order chi connectivity index (χ0) is 22.9. The van der Waals surface area contributed by atoms with Crippen LogP contribution in [0.15, 0.2) is 35.4 Å². The van der Waals surface area contributed by atoms with E-state index >= 15 is 0 Å². The second kappa shape index (κ2) is 8.93. The Bertz CT molecular complexity index is 1260. The number of piperidine rings is 1. The average molecular weight is 467 g/mol. The highest BCUT2D eigenvalue weighted by atomic mass is 32.1. The summed E-state index contributed by atoms with van der Waals surface area (Å²) in [5.74, 6) is -0.248. The molecule has 3 aromatic rings. The zero-order valence-corrected chi connectivity index (χ0v) is 19.2. The predicted molar refractivity (Wildman–Crippen MR) is 128 cm³/mol. The molecule has 1 unspecified atom stereocenters. The first-order valence-corrected chi connectivity index (χ1v) is 12.1. The van der Waals surface area contributed by atoms with Crippen molar-refractivity contribution in [2.75, 3.05) is 23.3 Å². The topological polar surface area (TPSA) is 109 Å². The van der Waals surface area contributed by atoms with Crippen LogP contribution >= 0.6 is 11.3 Å². The quantitative estimate of drug-likeness (QED) is 0.577. The Morgan fingerprint density at radius 3 is 2.82 bits per heavy atom. The number of benzene rings is 1. The van der Waals surface area contributed by atoms with Crippen LogP contribution in [0.5, 0.6) is 0 Å². The maximum absolute atomic E-state index is 13.0. The molecule has 5 rings (SSSR count). The van der Waals surface area contributed by atoms with Gasteiger partial charge in [-0.25, -0.2) is 4.98 Å². The Balaban J connectivity index is 1.31. The van der Waals surface area contributed by atoms with Gasteiger partial charge in [0.15, 0.2) is 10.8 Å². The van der Waals surface area contributed by atoms with E-state index in [4.69, 9.17) is 0 Å². The second-order valence-electron chi connectivity index (χ2n) is 8.76. The van der Waals surface area contributed by atoms with Crippen molar-refractivity contribution in [1.82, 2.24) is 19.9 Å². The van der Waals surface area contributed by atoms with Gasteiger partial charge in [0.2, 0.25) is 11.8 Å². The Labute approximate surface area is 194 Å². The summed E-state index contributed by atoms with van der Waals surface area (Å²) in [6.45, 7) is 3.16. The molecule has 3 heterocycles. The first-order chi connectivity index (χ1) is 16.0. The summed E-state index contributed by atoms with van der Waals surface area (Å²) in [6.07, 6.45) is 5.27. The third-order valence-electron chi connectivity index (χ3n) is 6.09. The highest BCUT2D eigenvalue weighted by Gasteiger charge is 2.31. The van der Waals surface area contributed by atoms with Crippen LogP contribution in [0.1, 0.15) is 31.2 Å². The van der Waals surface area contributed by atoms with Gasteiger partial charge in [-0.15, -0.1) is 0 Å². The number of rotatable bonds is 6. The highest BCUT2D eigenvalue weighted by molar-refractivity contribution is 7.22. The fourth-order valence-corrected chi connectivity index (χ4v) is 5.06. The predicted octanol–water partition coefficient (Wildman–Crippen LogP) is 2.30. The number of thiazole rings is 1. The van der Waals surface area contributed by atoms with E-state index in [1.165, 1.54) is 22.2 Å². The number of aromatic nitrogens is 3. The lowest BCUT2D eigenvalue weighted by molar-refractivity contribution is -0.125. The number of para-hydroxylation sites is 1. The Kier molecular flexibility index (Phi) is 5.84. The number of aryl methyl sites for hydroxylation is 1. The minimum Gasteiger partial charge on any atom is -0.353 e. The van der Waals surface area contributed by atoms with Gasteiger partial charge in [-0.3, -0.25) is 19.0 Å². The fourth-order valence-electron chi connectivity index (χ4n) is 4.05. The summed E-state index contributed by atoms with van der Waals surface area (Å²) in [6, 6.07) is 7.83. The maximum Gasteiger partial charge on any atom is 0.273 e. The van der Waals surface area contributed by atoms with E-state index in [0.717, 1.165) is 43.5 Å². The van der Waals surface area contributed by atoms with E-state index < -0.39 is 0 Å². The number of hydrogen-bond donors (Lipinski definition) is 2. The molecule has 2 amide bonds. The molecule has 172 valence electrons. The van der Waals surface area contributed by atoms with Crippen molar-refractivity contribution in [3.63, 3.8) is 0 Å². The zero-order valence-electron chi connectivity index (χ0n) is 18.4. The van der Waals surface area contributed by atoms with Crippen LogP contribution < -0.4 is 21.1 Å². The summed E-state index contributed by atoms with van der Waals surface area (Å²) in [7, 11) is 0. The van der Waals surface area contributed by atoms with E-state index in [1.807, 2.05) is 31.2 Å². The van der Waals surface area contributed by atoms with E-state index in [1.54, 1.807) is 0 Å². The van der Waals surface area contributed by atoms with Crippen LogP contribution in [-0.4, -0.2) is 45.5 Å². The van der Waals surface area contributed by atoms with Crippen molar-refractivity contribution >= 4 is 44.3 Å². The lowest BCUT2D eigenvalue weighted by atomic mass is 9.97. The van der Waals surface area contributed by atoms with Crippen LogP contribution in [0.3, 0.4) is 0 Å².